The van der Waals surface area contributed by atoms with Crippen LogP contribution in [-0.2, 0) is 4.79 Å². The molecule has 8 heteroatoms. The number of nitrogens with zero attached hydrogens (tertiary/aromatic N) is 3. The second-order valence-electron chi connectivity index (χ2n) is 6.31. The largest absolute Gasteiger partial charge is 0.454 e. The fraction of sp³-hybridized carbons (Fsp3) is 0.263. The van der Waals surface area contributed by atoms with Crippen molar-refractivity contribution in [3.05, 3.63) is 40.6 Å². The standard InChI is InChI=1S/C19H19N3O3S2/c1-21(2)7-8-22(18(23)6-5-13-4-3-9-26-13)19-20-14-10-15-16(25-12-24-15)11-17(14)27-19/h3-6,9-11H,7-8,12H2,1-2H3/b6-5+. The van der Waals surface area contributed by atoms with Crippen LogP contribution in [-0.4, -0.2) is 49.8 Å². The molecule has 1 aliphatic rings. The number of anilines is 1. The number of ether oxygens (including phenoxy) is 2. The van der Waals surface area contributed by atoms with Gasteiger partial charge in [-0.2, -0.15) is 0 Å². The smallest absolute Gasteiger partial charge is 0.252 e. The molecule has 0 aliphatic carbocycles. The third-order valence-corrected chi connectivity index (χ3v) is 5.95. The predicted octanol–water partition coefficient (Wildman–Crippen LogP) is 3.69. The lowest BCUT2D eigenvalue weighted by atomic mass is 10.3. The second kappa shape index (κ2) is 7.67. The quantitative estimate of drug-likeness (QED) is 0.590. The molecule has 140 valence electrons. The number of likely N-dealkylation sites (N-methyl/N-ethyl adjacent to an activating group) is 1. The molecule has 1 aliphatic heterocycles. The first-order chi connectivity index (χ1) is 13.1. The topological polar surface area (TPSA) is 54.9 Å². The van der Waals surface area contributed by atoms with Crippen molar-refractivity contribution in [1.29, 1.82) is 0 Å². The molecule has 0 fully saturated rings. The Hall–Kier alpha value is -2.42. The van der Waals surface area contributed by atoms with E-state index in [0.717, 1.165) is 27.4 Å². The number of thiophene rings is 1. The lowest BCUT2D eigenvalue weighted by Gasteiger charge is -2.20. The molecule has 1 aromatic carbocycles. The Balaban J connectivity index is 1.63. The minimum absolute atomic E-state index is 0.0793. The lowest BCUT2D eigenvalue weighted by molar-refractivity contribution is -0.114. The van der Waals surface area contributed by atoms with Crippen LogP contribution in [0.3, 0.4) is 0 Å². The lowest BCUT2D eigenvalue weighted by Crippen LogP contribution is -2.35. The zero-order valence-electron chi connectivity index (χ0n) is 15.0. The molecular formula is C19H19N3O3S2. The highest BCUT2D eigenvalue weighted by molar-refractivity contribution is 7.22. The number of aromatic nitrogens is 1. The molecule has 0 saturated heterocycles. The van der Waals surface area contributed by atoms with Gasteiger partial charge in [0.1, 0.15) is 0 Å². The van der Waals surface area contributed by atoms with Crippen LogP contribution >= 0.6 is 22.7 Å². The first-order valence-electron chi connectivity index (χ1n) is 8.48. The summed E-state index contributed by atoms with van der Waals surface area (Å²) in [5, 5.41) is 2.67. The number of fused-ring (bicyclic) bond motifs is 2. The molecule has 1 amide bonds. The molecule has 2 aromatic heterocycles. The summed E-state index contributed by atoms with van der Waals surface area (Å²) in [6.07, 6.45) is 3.46. The van der Waals surface area contributed by atoms with E-state index in [0.29, 0.717) is 17.4 Å². The Morgan fingerprint density at radius 2 is 2.07 bits per heavy atom. The predicted molar refractivity (Wildman–Crippen MR) is 110 cm³/mol. The maximum absolute atomic E-state index is 12.9. The summed E-state index contributed by atoms with van der Waals surface area (Å²) in [5.41, 5.74) is 0.809. The molecular weight excluding hydrogens is 382 g/mol. The van der Waals surface area contributed by atoms with Crippen LogP contribution in [0.2, 0.25) is 0 Å². The van der Waals surface area contributed by atoms with E-state index in [1.165, 1.54) is 11.3 Å². The van der Waals surface area contributed by atoms with Gasteiger partial charge in [0, 0.05) is 36.2 Å². The van der Waals surface area contributed by atoms with Crippen LogP contribution in [0.15, 0.2) is 35.7 Å². The maximum Gasteiger partial charge on any atom is 0.252 e. The van der Waals surface area contributed by atoms with E-state index >= 15 is 0 Å². The molecule has 3 heterocycles. The van der Waals surface area contributed by atoms with E-state index in [2.05, 4.69) is 4.98 Å². The highest BCUT2D eigenvalue weighted by atomic mass is 32.1. The van der Waals surface area contributed by atoms with Crippen molar-refractivity contribution < 1.29 is 14.3 Å². The Labute approximate surface area is 165 Å². The summed E-state index contributed by atoms with van der Waals surface area (Å²) in [7, 11) is 3.98. The van der Waals surface area contributed by atoms with Gasteiger partial charge in [0.2, 0.25) is 6.79 Å². The van der Waals surface area contributed by atoms with E-state index in [1.54, 1.807) is 22.3 Å². The van der Waals surface area contributed by atoms with Crippen LogP contribution in [0, 0.1) is 0 Å². The molecule has 6 nitrogen and oxygen atoms in total. The van der Waals surface area contributed by atoms with Gasteiger partial charge in [-0.05, 0) is 31.6 Å². The van der Waals surface area contributed by atoms with Crippen molar-refractivity contribution in [1.82, 2.24) is 9.88 Å². The molecule has 0 N–H and O–H groups in total. The SMILES string of the molecule is CN(C)CCN(C(=O)/C=C/c1cccs1)c1nc2cc3c(cc2s1)OCO3. The van der Waals surface area contributed by atoms with Gasteiger partial charge in [0.05, 0.1) is 10.2 Å². The number of carbonyl (C=O) groups excluding carboxylic acids is 1. The Kier molecular flexibility index (Phi) is 5.11. The van der Waals surface area contributed by atoms with Gasteiger partial charge in [-0.1, -0.05) is 17.4 Å². The summed E-state index contributed by atoms with van der Waals surface area (Å²) >= 11 is 3.08. The number of thiazole rings is 1. The van der Waals surface area contributed by atoms with E-state index in [9.17, 15) is 4.79 Å². The zero-order valence-corrected chi connectivity index (χ0v) is 16.7. The summed E-state index contributed by atoms with van der Waals surface area (Å²) < 4.78 is 11.8. The third-order valence-electron chi connectivity index (χ3n) is 4.07. The number of benzene rings is 1. The molecule has 0 unspecified atom stereocenters. The van der Waals surface area contributed by atoms with Crippen LogP contribution in [0.5, 0.6) is 11.5 Å². The van der Waals surface area contributed by atoms with Crippen LogP contribution in [0.25, 0.3) is 16.3 Å². The van der Waals surface area contributed by atoms with Crippen molar-refractivity contribution in [3.8, 4) is 11.5 Å². The molecule has 0 spiro atoms. The molecule has 27 heavy (non-hydrogen) atoms. The summed E-state index contributed by atoms with van der Waals surface area (Å²) in [6.45, 7) is 1.55. The second-order valence-corrected chi connectivity index (χ2v) is 8.30. The van der Waals surface area contributed by atoms with E-state index in [1.807, 2.05) is 54.7 Å². The van der Waals surface area contributed by atoms with Crippen molar-refractivity contribution in [2.75, 3.05) is 38.9 Å². The normalized spacial score (nSPS) is 13.1. The van der Waals surface area contributed by atoms with Crippen molar-refractivity contribution in [3.63, 3.8) is 0 Å². The van der Waals surface area contributed by atoms with Crippen LogP contribution in [0.1, 0.15) is 4.88 Å². The maximum atomic E-state index is 12.9. The van der Waals surface area contributed by atoms with E-state index in [4.69, 9.17) is 9.47 Å². The molecule has 4 rings (SSSR count). The average Bonchev–Trinajstić information content (AvgIpc) is 3.37. The highest BCUT2D eigenvalue weighted by Crippen LogP contribution is 2.39. The number of hydrogen-bond donors (Lipinski definition) is 0. The van der Waals surface area contributed by atoms with Gasteiger partial charge in [-0.15, -0.1) is 11.3 Å². The van der Waals surface area contributed by atoms with Gasteiger partial charge >= 0.3 is 0 Å². The minimum atomic E-state index is -0.0793. The fourth-order valence-electron chi connectivity index (χ4n) is 2.65. The Morgan fingerprint density at radius 3 is 2.81 bits per heavy atom. The third kappa shape index (κ3) is 3.97. The van der Waals surface area contributed by atoms with E-state index < -0.39 is 0 Å². The first-order valence-corrected chi connectivity index (χ1v) is 10.2. The van der Waals surface area contributed by atoms with Crippen molar-refractivity contribution in [2.24, 2.45) is 0 Å². The van der Waals surface area contributed by atoms with Gasteiger partial charge in [-0.25, -0.2) is 4.98 Å². The molecule has 0 radical (unpaired) electrons. The number of amides is 1. The molecule has 0 atom stereocenters. The summed E-state index contributed by atoms with van der Waals surface area (Å²) in [6, 6.07) is 7.75. The molecule has 0 saturated carbocycles. The number of carbonyl (C=O) groups is 1. The van der Waals surface area contributed by atoms with Gasteiger partial charge in [0.15, 0.2) is 16.6 Å². The fourth-order valence-corrected chi connectivity index (χ4v) is 4.28. The summed E-state index contributed by atoms with van der Waals surface area (Å²) in [5.74, 6) is 1.34. The zero-order chi connectivity index (χ0) is 18.8. The van der Waals surface area contributed by atoms with Gasteiger partial charge in [0.25, 0.3) is 5.91 Å². The first kappa shape index (κ1) is 18.0. The number of rotatable bonds is 6. The number of hydrogen-bond acceptors (Lipinski definition) is 7. The monoisotopic (exact) mass is 401 g/mol. The van der Waals surface area contributed by atoms with Crippen molar-refractivity contribution in [2.45, 2.75) is 0 Å². The van der Waals surface area contributed by atoms with Gasteiger partial charge in [-0.3, -0.25) is 9.69 Å². The highest BCUT2D eigenvalue weighted by Gasteiger charge is 2.21. The van der Waals surface area contributed by atoms with Crippen LogP contribution < -0.4 is 14.4 Å². The van der Waals surface area contributed by atoms with Crippen molar-refractivity contribution >= 4 is 50.0 Å². The molecule has 3 aromatic rings. The Morgan fingerprint density at radius 1 is 1.26 bits per heavy atom. The Bertz CT molecular complexity index is 939. The molecule has 0 bridgehead atoms. The van der Waals surface area contributed by atoms with E-state index in [-0.39, 0.29) is 12.7 Å². The average molecular weight is 402 g/mol. The van der Waals surface area contributed by atoms with Crippen LogP contribution in [0.4, 0.5) is 5.13 Å². The minimum Gasteiger partial charge on any atom is -0.454 e. The van der Waals surface area contributed by atoms with Gasteiger partial charge < -0.3 is 14.4 Å². The summed E-state index contributed by atoms with van der Waals surface area (Å²) in [4.78, 5) is 22.4.